The van der Waals surface area contributed by atoms with Gasteiger partial charge in [-0.05, 0) is 93.5 Å². The fraction of sp³-hybridized carbons (Fsp3) is 0.767. The van der Waals surface area contributed by atoms with Crippen LogP contribution in [0, 0.1) is 45.3 Å². The van der Waals surface area contributed by atoms with Gasteiger partial charge in [-0.3, -0.25) is 14.4 Å². The van der Waals surface area contributed by atoms with Crippen molar-refractivity contribution in [2.24, 2.45) is 45.3 Å². The molecule has 0 spiro atoms. The Morgan fingerprint density at radius 3 is 2.51 bits per heavy atom. The van der Waals surface area contributed by atoms with E-state index in [2.05, 4.69) is 33.8 Å². The van der Waals surface area contributed by atoms with E-state index in [1.54, 1.807) is 11.6 Å². The molecule has 2 aliphatic heterocycles. The minimum absolute atomic E-state index is 0.00619. The third-order valence-electron chi connectivity index (χ3n) is 12.0. The highest BCUT2D eigenvalue weighted by atomic mass is 16.6. The maximum atomic E-state index is 12.9. The first-order valence-electron chi connectivity index (χ1n) is 13.7. The Hall–Kier alpha value is -1.91. The van der Waals surface area contributed by atoms with Crippen molar-refractivity contribution in [2.75, 3.05) is 0 Å². The average Bonchev–Trinajstić information content (AvgIpc) is 3.19. The Balaban J connectivity index is 1.35. The lowest BCUT2D eigenvalue weighted by Gasteiger charge is -2.66. The molecule has 0 radical (unpaired) electrons. The van der Waals surface area contributed by atoms with Crippen molar-refractivity contribution in [2.45, 2.75) is 98.7 Å². The second-order valence-corrected chi connectivity index (χ2v) is 13.7. The molecule has 0 bridgehead atoms. The Labute approximate surface area is 209 Å². The van der Waals surface area contributed by atoms with Crippen LogP contribution < -0.4 is 0 Å². The van der Waals surface area contributed by atoms with Gasteiger partial charge < -0.3 is 9.47 Å². The van der Waals surface area contributed by atoms with Gasteiger partial charge in [0.15, 0.2) is 5.78 Å². The zero-order chi connectivity index (χ0) is 25.1. The second-order valence-electron chi connectivity index (χ2n) is 13.7. The third-order valence-corrected chi connectivity index (χ3v) is 12.0. The molecule has 0 amide bonds. The molecule has 35 heavy (non-hydrogen) atoms. The first kappa shape index (κ1) is 23.5. The molecule has 0 aromatic rings. The predicted octanol–water partition coefficient (Wildman–Crippen LogP) is 5.57. The number of esters is 2. The van der Waals surface area contributed by atoms with Gasteiger partial charge in [0.1, 0.15) is 17.6 Å². The molecule has 4 aliphatic carbocycles. The highest BCUT2D eigenvalue weighted by Crippen LogP contribution is 2.75. The molecule has 2 saturated heterocycles. The van der Waals surface area contributed by atoms with Gasteiger partial charge in [-0.1, -0.05) is 38.0 Å². The van der Waals surface area contributed by atoms with Gasteiger partial charge in [-0.2, -0.15) is 0 Å². The summed E-state index contributed by atoms with van der Waals surface area (Å²) in [7, 11) is 0. The van der Waals surface area contributed by atoms with Crippen molar-refractivity contribution >= 4 is 17.7 Å². The lowest BCUT2D eigenvalue weighted by atomic mass is 9.40. The van der Waals surface area contributed by atoms with Crippen LogP contribution in [-0.4, -0.2) is 29.9 Å². The summed E-state index contributed by atoms with van der Waals surface area (Å²) in [6, 6.07) is 0. The summed E-state index contributed by atoms with van der Waals surface area (Å²) in [5, 5.41) is 0. The summed E-state index contributed by atoms with van der Waals surface area (Å²) >= 11 is 0. The number of hydrogen-bond donors (Lipinski definition) is 0. The van der Waals surface area contributed by atoms with Gasteiger partial charge in [0.05, 0.1) is 5.92 Å². The second kappa shape index (κ2) is 7.10. The average molecular weight is 481 g/mol. The Kier molecular flexibility index (Phi) is 4.77. The van der Waals surface area contributed by atoms with Gasteiger partial charge >= 0.3 is 11.9 Å². The van der Waals surface area contributed by atoms with Crippen LogP contribution in [0.3, 0.4) is 0 Å². The molecule has 5 nitrogen and oxygen atoms in total. The molecule has 3 saturated carbocycles. The Bertz CT molecular complexity index is 1080. The molecule has 0 N–H and O–H groups in total. The van der Waals surface area contributed by atoms with E-state index in [0.29, 0.717) is 11.8 Å². The molecule has 6 rings (SSSR count). The predicted molar refractivity (Wildman–Crippen MR) is 131 cm³/mol. The van der Waals surface area contributed by atoms with Crippen molar-refractivity contribution in [3.63, 3.8) is 0 Å². The summed E-state index contributed by atoms with van der Waals surface area (Å²) in [5.41, 5.74) is 2.10. The highest BCUT2D eigenvalue weighted by Gasteiger charge is 2.73. The number of carbonyl (C=O) groups is 3. The van der Waals surface area contributed by atoms with Crippen LogP contribution in [0.4, 0.5) is 0 Å². The van der Waals surface area contributed by atoms with Crippen LogP contribution in [0.1, 0.15) is 86.5 Å². The van der Waals surface area contributed by atoms with Crippen LogP contribution in [-0.2, 0) is 23.9 Å². The molecule has 5 heteroatoms. The molecule has 1 unspecified atom stereocenters. The van der Waals surface area contributed by atoms with E-state index in [0.717, 1.165) is 44.1 Å². The van der Waals surface area contributed by atoms with E-state index in [1.165, 1.54) is 0 Å². The van der Waals surface area contributed by atoms with E-state index in [4.69, 9.17) is 9.47 Å². The standard InChI is InChI=1S/C30H40O5/c1-16(2)13-17(31)14-18-24-21(34-25(18)32)15-29(5)20-7-8-22-27(3,19(20)9-12-28(24,29)4)11-10-23-30(22,6)26(33)35-23/h7,13,18-19,21-24H,8-12,14-15H2,1-6H3/t18?,19-,21-,22+,23+,24+,27+,28-,29+,30-/m0/s1. The molecular formula is C30H40O5. The number of rotatable bonds is 3. The fourth-order valence-electron chi connectivity index (χ4n) is 10.1. The molecule has 5 fully saturated rings. The van der Waals surface area contributed by atoms with Crippen molar-refractivity contribution in [1.29, 1.82) is 0 Å². The van der Waals surface area contributed by atoms with E-state index >= 15 is 0 Å². The molecule has 190 valence electrons. The quantitative estimate of drug-likeness (QED) is 0.300. The van der Waals surface area contributed by atoms with Crippen molar-refractivity contribution in [3.8, 4) is 0 Å². The number of allylic oxidation sites excluding steroid dienone is 4. The molecule has 2 heterocycles. The van der Waals surface area contributed by atoms with Crippen LogP contribution in [0.5, 0.6) is 0 Å². The number of carbonyl (C=O) groups excluding carboxylic acids is 3. The monoisotopic (exact) mass is 480 g/mol. The van der Waals surface area contributed by atoms with Gasteiger partial charge in [0.2, 0.25) is 0 Å². The maximum Gasteiger partial charge on any atom is 0.316 e. The van der Waals surface area contributed by atoms with E-state index in [9.17, 15) is 14.4 Å². The van der Waals surface area contributed by atoms with Gasteiger partial charge in [0.25, 0.3) is 0 Å². The maximum absolute atomic E-state index is 12.9. The van der Waals surface area contributed by atoms with Gasteiger partial charge in [-0.15, -0.1) is 0 Å². The molecule has 0 aromatic carbocycles. The minimum Gasteiger partial charge on any atom is -0.462 e. The molecule has 10 atom stereocenters. The summed E-state index contributed by atoms with van der Waals surface area (Å²) < 4.78 is 11.6. The lowest BCUT2D eigenvalue weighted by Crippen LogP contribution is -2.67. The largest absolute Gasteiger partial charge is 0.462 e. The Morgan fingerprint density at radius 1 is 1.09 bits per heavy atom. The van der Waals surface area contributed by atoms with Crippen LogP contribution in [0.2, 0.25) is 0 Å². The van der Waals surface area contributed by atoms with Crippen LogP contribution in [0.15, 0.2) is 23.3 Å². The van der Waals surface area contributed by atoms with E-state index in [1.807, 2.05) is 13.8 Å². The summed E-state index contributed by atoms with van der Waals surface area (Å²) in [5.74, 6) is 0.349. The third kappa shape index (κ3) is 2.73. The minimum atomic E-state index is -0.352. The van der Waals surface area contributed by atoms with Gasteiger partial charge in [0, 0.05) is 12.3 Å². The number of ketones is 1. The molecule has 6 aliphatic rings. The number of hydrogen-bond acceptors (Lipinski definition) is 5. The van der Waals surface area contributed by atoms with Crippen molar-refractivity contribution in [3.05, 3.63) is 23.3 Å². The number of fused-ring (bicyclic) bond motifs is 9. The molecule has 0 aromatic heterocycles. The van der Waals surface area contributed by atoms with Crippen molar-refractivity contribution < 1.29 is 23.9 Å². The van der Waals surface area contributed by atoms with Gasteiger partial charge in [-0.25, -0.2) is 0 Å². The summed E-state index contributed by atoms with van der Waals surface area (Å²) in [6.45, 7) is 13.2. The molecular weight excluding hydrogens is 440 g/mol. The first-order chi connectivity index (χ1) is 16.4. The number of ether oxygens (including phenoxy) is 2. The summed E-state index contributed by atoms with van der Waals surface area (Å²) in [6.07, 6.45) is 10.3. The normalized spacial score (nSPS) is 51.3. The lowest BCUT2D eigenvalue weighted by molar-refractivity contribution is -0.243. The smallest absolute Gasteiger partial charge is 0.316 e. The summed E-state index contributed by atoms with van der Waals surface area (Å²) in [4.78, 5) is 38.3. The topological polar surface area (TPSA) is 69.7 Å². The van der Waals surface area contributed by atoms with Crippen LogP contribution >= 0.6 is 0 Å². The first-order valence-corrected chi connectivity index (χ1v) is 13.7. The van der Waals surface area contributed by atoms with E-state index < -0.39 is 0 Å². The van der Waals surface area contributed by atoms with Crippen LogP contribution in [0.25, 0.3) is 0 Å². The van der Waals surface area contributed by atoms with E-state index in [-0.39, 0.29) is 69.8 Å². The SMILES string of the molecule is CC(C)=CC(=O)CC1C(=O)O[C@H]2C[C@]3(C)C4=CC[C@@H]5[C@](C)(CC[C@H]6OC(=O)[C@@]56C)[C@H]4CC[C@@]3(C)[C@H]12. The zero-order valence-electron chi connectivity index (χ0n) is 22.1. The Morgan fingerprint density at radius 2 is 1.83 bits per heavy atom. The van der Waals surface area contributed by atoms with Crippen molar-refractivity contribution in [1.82, 2.24) is 0 Å². The zero-order valence-corrected chi connectivity index (χ0v) is 22.1. The highest BCUT2D eigenvalue weighted by molar-refractivity contribution is 5.93. The fourth-order valence-corrected chi connectivity index (χ4v) is 10.1.